The molecule has 0 radical (unpaired) electrons. The van der Waals surface area contributed by atoms with Gasteiger partial charge in [-0.2, -0.15) is 0 Å². The van der Waals surface area contributed by atoms with Crippen LogP contribution in [0.4, 0.5) is 11.4 Å². The van der Waals surface area contributed by atoms with Gasteiger partial charge in [-0.3, -0.25) is 19.8 Å². The Hall–Kier alpha value is -3.91. The van der Waals surface area contributed by atoms with Gasteiger partial charge in [0, 0.05) is 49.9 Å². The van der Waals surface area contributed by atoms with Crippen molar-refractivity contribution >= 4 is 17.2 Å². The van der Waals surface area contributed by atoms with E-state index in [2.05, 4.69) is 4.90 Å². The van der Waals surface area contributed by atoms with Crippen LogP contribution in [0.25, 0.3) is 0 Å². The number of anilines is 1. The molecule has 1 aliphatic heterocycles. The van der Waals surface area contributed by atoms with E-state index in [9.17, 15) is 14.9 Å². The summed E-state index contributed by atoms with van der Waals surface area (Å²) in [6.07, 6.45) is 0. The van der Waals surface area contributed by atoms with E-state index in [0.29, 0.717) is 41.4 Å². The summed E-state index contributed by atoms with van der Waals surface area (Å²) >= 11 is 0. The largest absolute Gasteiger partial charge is 0.493 e. The molecule has 8 heteroatoms. The molecule has 0 aliphatic carbocycles. The average molecular weight is 462 g/mol. The highest BCUT2D eigenvalue weighted by Crippen LogP contribution is 2.32. The van der Waals surface area contributed by atoms with Gasteiger partial charge in [0.15, 0.2) is 17.3 Å². The molecule has 0 N–H and O–H groups in total. The molecule has 0 spiro atoms. The lowest BCUT2D eigenvalue weighted by molar-refractivity contribution is -0.384. The Kier molecular flexibility index (Phi) is 7.08. The topological polar surface area (TPSA) is 85.2 Å². The number of rotatable bonds is 8. The van der Waals surface area contributed by atoms with E-state index in [1.807, 2.05) is 29.2 Å². The molecule has 34 heavy (non-hydrogen) atoms. The summed E-state index contributed by atoms with van der Waals surface area (Å²) in [6, 6.07) is 19.4. The van der Waals surface area contributed by atoms with Crippen LogP contribution < -0.4 is 14.4 Å². The lowest BCUT2D eigenvalue weighted by atomic mass is 10.0. The monoisotopic (exact) mass is 461 g/mol. The first-order chi connectivity index (χ1) is 16.5. The lowest BCUT2D eigenvalue weighted by Gasteiger charge is -2.36. The molecule has 0 saturated carbocycles. The van der Waals surface area contributed by atoms with Gasteiger partial charge >= 0.3 is 0 Å². The SMILES string of the molecule is COc1ccc(CN2CCN(c3ccc(C(=O)c4ccccc4)cc3[N+](=O)[O-])CC2)cc1OC. The molecular formula is C26H27N3O5. The number of nitro benzene ring substituents is 1. The summed E-state index contributed by atoms with van der Waals surface area (Å²) in [4.78, 5) is 28.5. The zero-order valence-electron chi connectivity index (χ0n) is 19.3. The quantitative estimate of drug-likeness (QED) is 0.283. The number of methoxy groups -OCH3 is 2. The van der Waals surface area contributed by atoms with E-state index in [1.54, 1.807) is 50.6 Å². The van der Waals surface area contributed by atoms with Crippen LogP contribution in [0.2, 0.25) is 0 Å². The zero-order valence-corrected chi connectivity index (χ0v) is 19.3. The van der Waals surface area contributed by atoms with Crippen LogP contribution in [-0.2, 0) is 6.54 Å². The van der Waals surface area contributed by atoms with E-state index in [-0.39, 0.29) is 11.5 Å². The number of carbonyl (C=O) groups is 1. The Morgan fingerprint density at radius 1 is 0.882 bits per heavy atom. The van der Waals surface area contributed by atoms with E-state index >= 15 is 0 Å². The van der Waals surface area contributed by atoms with Gasteiger partial charge in [-0.15, -0.1) is 0 Å². The summed E-state index contributed by atoms with van der Waals surface area (Å²) in [5, 5.41) is 11.8. The summed E-state index contributed by atoms with van der Waals surface area (Å²) < 4.78 is 10.7. The number of ether oxygens (including phenoxy) is 2. The molecule has 1 heterocycles. The molecule has 3 aromatic carbocycles. The van der Waals surface area contributed by atoms with Crippen LogP contribution in [0.15, 0.2) is 66.7 Å². The second kappa shape index (κ2) is 10.4. The first-order valence-corrected chi connectivity index (χ1v) is 11.1. The van der Waals surface area contributed by atoms with Crippen LogP contribution in [0, 0.1) is 10.1 Å². The maximum absolute atomic E-state index is 12.8. The van der Waals surface area contributed by atoms with Crippen molar-refractivity contribution in [2.45, 2.75) is 6.54 Å². The Morgan fingerprint density at radius 2 is 1.59 bits per heavy atom. The standard InChI is InChI=1S/C26H27N3O5/c1-33-24-11-8-19(16-25(24)34-2)18-27-12-14-28(15-13-27)22-10-9-21(17-23(22)29(31)32)26(30)20-6-4-3-5-7-20/h3-11,16-17H,12-15,18H2,1-2H3. The van der Waals surface area contributed by atoms with Crippen molar-refractivity contribution < 1.29 is 19.2 Å². The fourth-order valence-corrected chi connectivity index (χ4v) is 4.22. The van der Waals surface area contributed by atoms with Crippen molar-refractivity contribution in [3.63, 3.8) is 0 Å². The second-order valence-corrected chi connectivity index (χ2v) is 8.11. The van der Waals surface area contributed by atoms with Gasteiger partial charge < -0.3 is 14.4 Å². The molecule has 0 bridgehead atoms. The Balaban J connectivity index is 1.45. The van der Waals surface area contributed by atoms with Gasteiger partial charge in [0.25, 0.3) is 5.69 Å². The third-order valence-corrected chi connectivity index (χ3v) is 6.04. The van der Waals surface area contributed by atoms with Crippen LogP contribution in [0.1, 0.15) is 21.5 Å². The summed E-state index contributed by atoms with van der Waals surface area (Å²) in [6.45, 7) is 3.58. The van der Waals surface area contributed by atoms with Crippen molar-refractivity contribution in [3.8, 4) is 11.5 Å². The lowest BCUT2D eigenvalue weighted by Crippen LogP contribution is -2.46. The molecule has 1 fully saturated rings. The molecule has 0 unspecified atom stereocenters. The van der Waals surface area contributed by atoms with Gasteiger partial charge in [-0.1, -0.05) is 36.4 Å². The highest BCUT2D eigenvalue weighted by atomic mass is 16.6. The third-order valence-electron chi connectivity index (χ3n) is 6.04. The number of ketones is 1. The Bertz CT molecular complexity index is 1170. The maximum Gasteiger partial charge on any atom is 0.293 e. The van der Waals surface area contributed by atoms with Crippen LogP contribution in [0.3, 0.4) is 0 Å². The Morgan fingerprint density at radius 3 is 2.24 bits per heavy atom. The molecule has 3 aromatic rings. The maximum atomic E-state index is 12.8. The number of piperazine rings is 1. The fraction of sp³-hybridized carbons (Fsp3) is 0.269. The van der Waals surface area contributed by atoms with Crippen molar-refractivity contribution in [2.24, 2.45) is 0 Å². The van der Waals surface area contributed by atoms with E-state index in [0.717, 1.165) is 25.2 Å². The number of benzene rings is 3. The number of hydrogen-bond donors (Lipinski definition) is 0. The zero-order chi connectivity index (χ0) is 24.1. The minimum absolute atomic E-state index is 0.0462. The van der Waals surface area contributed by atoms with Crippen molar-refractivity contribution in [3.05, 3.63) is 93.5 Å². The third kappa shape index (κ3) is 5.02. The van der Waals surface area contributed by atoms with Gasteiger partial charge in [-0.05, 0) is 29.8 Å². The molecule has 1 aliphatic rings. The van der Waals surface area contributed by atoms with E-state index < -0.39 is 4.92 Å². The molecule has 8 nitrogen and oxygen atoms in total. The minimum Gasteiger partial charge on any atom is -0.493 e. The normalized spacial score (nSPS) is 14.0. The summed E-state index contributed by atoms with van der Waals surface area (Å²) in [5.41, 5.74) is 2.43. The van der Waals surface area contributed by atoms with Crippen molar-refractivity contribution in [1.29, 1.82) is 0 Å². The van der Waals surface area contributed by atoms with E-state index in [4.69, 9.17) is 9.47 Å². The smallest absolute Gasteiger partial charge is 0.293 e. The van der Waals surface area contributed by atoms with E-state index in [1.165, 1.54) is 6.07 Å². The number of nitro groups is 1. The Labute approximate surface area is 198 Å². The van der Waals surface area contributed by atoms with Gasteiger partial charge in [0.1, 0.15) is 5.69 Å². The molecule has 0 amide bonds. The first-order valence-electron chi connectivity index (χ1n) is 11.1. The summed E-state index contributed by atoms with van der Waals surface area (Å²) in [5.74, 6) is 1.16. The molecule has 0 atom stereocenters. The van der Waals surface area contributed by atoms with Gasteiger partial charge in [0.2, 0.25) is 0 Å². The first kappa shape index (κ1) is 23.3. The number of hydrogen-bond acceptors (Lipinski definition) is 7. The number of nitrogens with zero attached hydrogens (tertiary/aromatic N) is 3. The molecule has 4 rings (SSSR count). The minimum atomic E-state index is -0.410. The second-order valence-electron chi connectivity index (χ2n) is 8.11. The molecule has 0 aromatic heterocycles. The van der Waals surface area contributed by atoms with Crippen molar-refractivity contribution in [1.82, 2.24) is 4.90 Å². The van der Waals surface area contributed by atoms with Crippen molar-refractivity contribution in [2.75, 3.05) is 45.3 Å². The predicted molar refractivity (Wildman–Crippen MR) is 130 cm³/mol. The van der Waals surface area contributed by atoms with Gasteiger partial charge in [-0.25, -0.2) is 0 Å². The van der Waals surface area contributed by atoms with Crippen LogP contribution >= 0.6 is 0 Å². The van der Waals surface area contributed by atoms with Crippen LogP contribution in [-0.4, -0.2) is 56.0 Å². The summed E-state index contributed by atoms with van der Waals surface area (Å²) in [7, 11) is 3.23. The highest BCUT2D eigenvalue weighted by Gasteiger charge is 2.25. The molecule has 176 valence electrons. The molecular weight excluding hydrogens is 434 g/mol. The average Bonchev–Trinajstić information content (AvgIpc) is 2.88. The predicted octanol–water partition coefficient (Wildman–Crippen LogP) is 4.17. The van der Waals surface area contributed by atoms with Gasteiger partial charge in [0.05, 0.1) is 19.1 Å². The fourth-order valence-electron chi connectivity index (χ4n) is 4.22. The molecule has 1 saturated heterocycles. The highest BCUT2D eigenvalue weighted by molar-refractivity contribution is 6.09. The number of carbonyl (C=O) groups excluding carboxylic acids is 1. The van der Waals surface area contributed by atoms with Crippen LogP contribution in [0.5, 0.6) is 11.5 Å².